The van der Waals surface area contributed by atoms with Crippen LogP contribution < -0.4 is 5.32 Å². The van der Waals surface area contributed by atoms with E-state index >= 15 is 0 Å². The lowest BCUT2D eigenvalue weighted by Crippen LogP contribution is -2.49. The van der Waals surface area contributed by atoms with E-state index in [2.05, 4.69) is 10.4 Å². The van der Waals surface area contributed by atoms with Gasteiger partial charge in [-0.25, -0.2) is 0 Å². The number of nitrogens with zero attached hydrogens (tertiary/aromatic N) is 2. The van der Waals surface area contributed by atoms with Gasteiger partial charge in [0.05, 0.1) is 28.7 Å². The van der Waals surface area contributed by atoms with Crippen molar-refractivity contribution < 1.29 is 22.8 Å². The molecule has 1 aromatic heterocycles. The topological polar surface area (TPSA) is 64.0 Å². The summed E-state index contributed by atoms with van der Waals surface area (Å²) in [6, 6.07) is 8.56. The van der Waals surface area contributed by atoms with Gasteiger partial charge in [0.2, 0.25) is 5.12 Å². The molecule has 1 saturated carbocycles. The number of halogens is 4. The molecule has 2 aromatic carbocycles. The molecular weight excluding hydrogens is 511 g/mol. The predicted octanol–water partition coefficient (Wildman–Crippen LogP) is 6.44. The third-order valence-electron chi connectivity index (χ3n) is 6.76. The maximum absolute atomic E-state index is 13.5. The van der Waals surface area contributed by atoms with Crippen molar-refractivity contribution in [1.29, 1.82) is 0 Å². The van der Waals surface area contributed by atoms with E-state index in [4.69, 9.17) is 11.6 Å². The lowest BCUT2D eigenvalue weighted by Gasteiger charge is -2.32. The highest BCUT2D eigenvalue weighted by molar-refractivity contribution is 8.18. The summed E-state index contributed by atoms with van der Waals surface area (Å²) in [4.78, 5) is 25.8. The molecule has 188 valence electrons. The Morgan fingerprint density at radius 3 is 2.64 bits per heavy atom. The number of benzene rings is 2. The number of rotatable bonds is 4. The standard InChI is InChI=1S/C26H23ClF3N3O2S/c27-19-8-7-17(20(12-19)26(28,29)30)14-33-21-9-6-15(10-18(21)13-31-33)11-22-24(34)32-23(25(35)36-22)16-4-2-1-3-5-16/h6-13,16,23H,1-5,14H2,(H,32,34)/b22-11-. The molecule has 3 aromatic rings. The molecule has 0 bridgehead atoms. The SMILES string of the molecule is O=C1NC(C2CCCCC2)C(=O)S/C1=C\c1ccc2c(cnn2Cc2ccc(Cl)cc2C(F)(F)F)c1. The van der Waals surface area contributed by atoms with Crippen LogP contribution >= 0.6 is 23.4 Å². The maximum Gasteiger partial charge on any atom is 0.416 e. The molecular formula is C26H23ClF3N3O2S. The summed E-state index contributed by atoms with van der Waals surface area (Å²) in [6.45, 7) is -0.0781. The van der Waals surface area contributed by atoms with Crippen molar-refractivity contribution in [2.75, 3.05) is 0 Å². The van der Waals surface area contributed by atoms with Crippen LogP contribution in [0.4, 0.5) is 13.2 Å². The van der Waals surface area contributed by atoms with Gasteiger partial charge in [-0.15, -0.1) is 0 Å². The van der Waals surface area contributed by atoms with Gasteiger partial charge in [0.1, 0.15) is 6.04 Å². The first-order valence-electron chi connectivity index (χ1n) is 11.7. The average molecular weight is 534 g/mol. The molecule has 1 aliphatic heterocycles. The summed E-state index contributed by atoms with van der Waals surface area (Å²) in [6.07, 6.45) is 3.95. The first-order chi connectivity index (χ1) is 17.2. The van der Waals surface area contributed by atoms with Crippen LogP contribution in [0.1, 0.15) is 48.8 Å². The van der Waals surface area contributed by atoms with Gasteiger partial charge in [0, 0.05) is 10.4 Å². The van der Waals surface area contributed by atoms with Gasteiger partial charge in [0.25, 0.3) is 5.91 Å². The third-order valence-corrected chi connectivity index (χ3v) is 7.97. The van der Waals surface area contributed by atoms with Crippen molar-refractivity contribution in [2.45, 2.75) is 50.9 Å². The van der Waals surface area contributed by atoms with Gasteiger partial charge in [-0.2, -0.15) is 18.3 Å². The highest BCUT2D eigenvalue weighted by Crippen LogP contribution is 2.36. The summed E-state index contributed by atoms with van der Waals surface area (Å²) in [5, 5.41) is 7.86. The second-order valence-corrected chi connectivity index (χ2v) is 10.7. The lowest BCUT2D eigenvalue weighted by molar-refractivity contribution is -0.138. The summed E-state index contributed by atoms with van der Waals surface area (Å²) in [5.41, 5.74) is 0.612. The second-order valence-electron chi connectivity index (χ2n) is 9.20. The zero-order chi connectivity index (χ0) is 25.4. The Bertz CT molecular complexity index is 1360. The van der Waals surface area contributed by atoms with E-state index in [1.165, 1.54) is 23.2 Å². The van der Waals surface area contributed by atoms with Gasteiger partial charge < -0.3 is 5.32 Å². The zero-order valence-electron chi connectivity index (χ0n) is 19.1. The van der Waals surface area contributed by atoms with Crippen molar-refractivity contribution in [3.05, 3.63) is 69.2 Å². The number of carbonyl (C=O) groups is 2. The molecule has 2 aliphatic rings. The fourth-order valence-electron chi connectivity index (χ4n) is 4.95. The number of amides is 1. The van der Waals surface area contributed by atoms with Crippen LogP contribution in [0.15, 0.2) is 47.5 Å². The Labute approximate surface area is 215 Å². The minimum atomic E-state index is -4.53. The van der Waals surface area contributed by atoms with Crippen LogP contribution in [0.2, 0.25) is 5.02 Å². The Kier molecular flexibility index (Phi) is 6.87. The molecule has 1 aliphatic carbocycles. The Morgan fingerprint density at radius 1 is 1.11 bits per heavy atom. The summed E-state index contributed by atoms with van der Waals surface area (Å²) in [7, 11) is 0. The molecule has 2 heterocycles. The van der Waals surface area contributed by atoms with Crippen LogP contribution in [-0.2, 0) is 22.3 Å². The minimum absolute atomic E-state index is 0.0160. The Balaban J connectivity index is 1.36. The largest absolute Gasteiger partial charge is 0.416 e. The highest BCUT2D eigenvalue weighted by Gasteiger charge is 2.37. The van der Waals surface area contributed by atoms with Crippen molar-refractivity contribution >= 4 is 51.4 Å². The van der Waals surface area contributed by atoms with E-state index in [1.54, 1.807) is 30.5 Å². The number of hydrogen-bond acceptors (Lipinski definition) is 4. The van der Waals surface area contributed by atoms with Gasteiger partial charge in [0.15, 0.2) is 0 Å². The quantitative estimate of drug-likeness (QED) is 0.392. The van der Waals surface area contributed by atoms with Gasteiger partial charge in [-0.05, 0) is 72.0 Å². The van der Waals surface area contributed by atoms with E-state index in [9.17, 15) is 22.8 Å². The number of alkyl halides is 3. The number of nitrogens with one attached hydrogen (secondary N) is 1. The fraction of sp³-hybridized carbons (Fsp3) is 0.346. The average Bonchev–Trinajstić information content (AvgIpc) is 3.24. The smallest absolute Gasteiger partial charge is 0.341 e. The molecule has 1 unspecified atom stereocenters. The number of thioether (sulfide) groups is 1. The molecule has 0 radical (unpaired) electrons. The molecule has 36 heavy (non-hydrogen) atoms. The molecule has 0 spiro atoms. The molecule has 10 heteroatoms. The summed E-state index contributed by atoms with van der Waals surface area (Å²) < 4.78 is 41.9. The molecule has 5 nitrogen and oxygen atoms in total. The van der Waals surface area contributed by atoms with Crippen LogP contribution in [0.25, 0.3) is 17.0 Å². The molecule has 1 saturated heterocycles. The van der Waals surface area contributed by atoms with E-state index < -0.39 is 17.8 Å². The zero-order valence-corrected chi connectivity index (χ0v) is 20.7. The summed E-state index contributed by atoms with van der Waals surface area (Å²) in [5.74, 6) is -0.0571. The minimum Gasteiger partial charge on any atom is -0.341 e. The monoisotopic (exact) mass is 533 g/mol. The van der Waals surface area contributed by atoms with Gasteiger partial charge in [-0.1, -0.05) is 43.0 Å². The van der Waals surface area contributed by atoms with E-state index in [1.807, 2.05) is 0 Å². The number of carbonyl (C=O) groups excluding carboxylic acids is 2. The Morgan fingerprint density at radius 2 is 1.89 bits per heavy atom. The highest BCUT2D eigenvalue weighted by atomic mass is 35.5. The van der Waals surface area contributed by atoms with E-state index in [-0.39, 0.29) is 34.1 Å². The van der Waals surface area contributed by atoms with Gasteiger partial charge >= 0.3 is 6.18 Å². The molecule has 1 atom stereocenters. The van der Waals surface area contributed by atoms with Crippen LogP contribution in [0.5, 0.6) is 0 Å². The molecule has 1 amide bonds. The van der Waals surface area contributed by atoms with Crippen LogP contribution in [0.3, 0.4) is 0 Å². The predicted molar refractivity (Wildman–Crippen MR) is 134 cm³/mol. The van der Waals surface area contributed by atoms with E-state index in [0.717, 1.165) is 43.5 Å². The Hall–Kier alpha value is -2.78. The van der Waals surface area contributed by atoms with Crippen molar-refractivity contribution in [1.82, 2.24) is 15.1 Å². The van der Waals surface area contributed by atoms with Crippen molar-refractivity contribution in [3.8, 4) is 0 Å². The number of fused-ring (bicyclic) bond motifs is 1. The first-order valence-corrected chi connectivity index (χ1v) is 12.9. The first kappa shape index (κ1) is 24.9. The third kappa shape index (κ3) is 5.18. The fourth-order valence-corrected chi connectivity index (χ4v) is 6.06. The molecule has 2 fully saturated rings. The van der Waals surface area contributed by atoms with Gasteiger partial charge in [-0.3, -0.25) is 14.3 Å². The number of aromatic nitrogens is 2. The maximum atomic E-state index is 13.5. The van der Waals surface area contributed by atoms with Crippen LogP contribution in [0, 0.1) is 5.92 Å². The second kappa shape index (κ2) is 9.94. The van der Waals surface area contributed by atoms with E-state index in [0.29, 0.717) is 21.4 Å². The molecule has 5 rings (SSSR count). The normalized spacial score (nSPS) is 20.8. The van der Waals surface area contributed by atoms with Crippen LogP contribution in [-0.4, -0.2) is 26.8 Å². The van der Waals surface area contributed by atoms with Crippen molar-refractivity contribution in [3.63, 3.8) is 0 Å². The summed E-state index contributed by atoms with van der Waals surface area (Å²) >= 11 is 6.77. The number of hydrogen-bond donors (Lipinski definition) is 1. The lowest BCUT2D eigenvalue weighted by atomic mass is 9.84. The molecule has 1 N–H and O–H groups in total. The van der Waals surface area contributed by atoms with Crippen molar-refractivity contribution in [2.24, 2.45) is 5.92 Å².